The fourth-order valence-corrected chi connectivity index (χ4v) is 2.74. The third-order valence-corrected chi connectivity index (χ3v) is 4.24. The molecule has 1 aromatic heterocycles. The highest BCUT2D eigenvalue weighted by atomic mass is 79.9. The van der Waals surface area contributed by atoms with Crippen LogP contribution in [0.25, 0.3) is 0 Å². The smallest absolute Gasteiger partial charge is 0.345 e. The molecule has 0 bridgehead atoms. The number of nitrogens with one attached hydrogen (secondary N) is 1. The van der Waals surface area contributed by atoms with Crippen molar-refractivity contribution in [2.75, 3.05) is 5.32 Å². The van der Waals surface area contributed by atoms with Gasteiger partial charge >= 0.3 is 5.97 Å². The Labute approximate surface area is 126 Å². The molecule has 0 aliphatic rings. The van der Waals surface area contributed by atoms with E-state index in [9.17, 15) is 14.0 Å². The summed E-state index contributed by atoms with van der Waals surface area (Å²) in [7, 11) is 0. The first kappa shape index (κ1) is 14.7. The van der Waals surface area contributed by atoms with Gasteiger partial charge in [0.2, 0.25) is 0 Å². The Balaban J connectivity index is 2.23. The minimum absolute atomic E-state index is 0.0776. The van der Waals surface area contributed by atoms with E-state index in [1.165, 1.54) is 18.2 Å². The fourth-order valence-electron chi connectivity index (χ4n) is 1.54. The molecule has 1 amide bonds. The van der Waals surface area contributed by atoms with Crippen molar-refractivity contribution in [1.29, 1.82) is 0 Å². The number of thiophene rings is 1. The number of carboxylic acids is 1. The topological polar surface area (TPSA) is 66.4 Å². The largest absolute Gasteiger partial charge is 0.477 e. The molecule has 0 spiro atoms. The molecule has 0 saturated heterocycles. The van der Waals surface area contributed by atoms with Gasteiger partial charge in [0.15, 0.2) is 0 Å². The maximum absolute atomic E-state index is 13.4. The lowest BCUT2D eigenvalue weighted by molar-refractivity contribution is 0.0702. The van der Waals surface area contributed by atoms with Crippen LogP contribution in [-0.4, -0.2) is 17.0 Å². The Morgan fingerprint density at radius 2 is 1.95 bits per heavy atom. The second-order valence-corrected chi connectivity index (χ2v) is 5.94. The Kier molecular flexibility index (Phi) is 4.20. The standard InChI is InChI=1S/C13H9BrFNO3S/c1-6-4-7(14)8(15)5-9(6)16-12(17)10-2-3-11(20-10)13(18)19/h2-5H,1H3,(H,16,17)(H,18,19). The minimum Gasteiger partial charge on any atom is -0.477 e. The molecule has 0 fully saturated rings. The van der Waals surface area contributed by atoms with E-state index in [2.05, 4.69) is 21.2 Å². The van der Waals surface area contributed by atoms with Crippen LogP contribution in [0.2, 0.25) is 0 Å². The molecule has 2 aromatic rings. The monoisotopic (exact) mass is 357 g/mol. The van der Waals surface area contributed by atoms with Gasteiger partial charge in [-0.05, 0) is 52.7 Å². The SMILES string of the molecule is Cc1cc(Br)c(F)cc1NC(=O)c1ccc(C(=O)O)s1. The van der Waals surface area contributed by atoms with Crippen LogP contribution < -0.4 is 5.32 Å². The first-order chi connectivity index (χ1) is 9.38. The van der Waals surface area contributed by atoms with Crippen molar-refractivity contribution in [1.82, 2.24) is 0 Å². The van der Waals surface area contributed by atoms with Crippen LogP contribution in [0.15, 0.2) is 28.7 Å². The van der Waals surface area contributed by atoms with Crippen LogP contribution in [0.1, 0.15) is 24.9 Å². The number of rotatable bonds is 3. The second-order valence-electron chi connectivity index (χ2n) is 4.00. The third-order valence-electron chi connectivity index (χ3n) is 2.56. The van der Waals surface area contributed by atoms with Crippen LogP contribution in [-0.2, 0) is 0 Å². The number of amides is 1. The third kappa shape index (κ3) is 3.05. The molecule has 0 saturated carbocycles. The molecule has 2 N–H and O–H groups in total. The maximum atomic E-state index is 13.4. The highest BCUT2D eigenvalue weighted by Gasteiger charge is 2.14. The van der Waals surface area contributed by atoms with E-state index in [-0.39, 0.29) is 9.75 Å². The lowest BCUT2D eigenvalue weighted by atomic mass is 10.2. The molecule has 0 radical (unpaired) electrons. The van der Waals surface area contributed by atoms with Gasteiger partial charge < -0.3 is 10.4 Å². The molecule has 1 aromatic carbocycles. The summed E-state index contributed by atoms with van der Waals surface area (Å²) in [6.45, 7) is 1.73. The zero-order valence-electron chi connectivity index (χ0n) is 10.2. The van der Waals surface area contributed by atoms with Gasteiger partial charge in [-0.3, -0.25) is 4.79 Å². The first-order valence-electron chi connectivity index (χ1n) is 5.48. The van der Waals surface area contributed by atoms with E-state index in [0.717, 1.165) is 11.3 Å². The number of aryl methyl sites for hydroxylation is 1. The van der Waals surface area contributed by atoms with Gasteiger partial charge in [0.05, 0.1) is 9.35 Å². The Morgan fingerprint density at radius 1 is 1.30 bits per heavy atom. The van der Waals surface area contributed by atoms with Gasteiger partial charge in [0.25, 0.3) is 5.91 Å². The Hall–Kier alpha value is -1.73. The summed E-state index contributed by atoms with van der Waals surface area (Å²) in [6.07, 6.45) is 0. The Bertz CT molecular complexity index is 699. The number of aromatic carboxylic acids is 1. The number of halogens is 2. The van der Waals surface area contributed by atoms with E-state index in [1.807, 2.05) is 0 Å². The molecule has 0 aliphatic carbocycles. The van der Waals surface area contributed by atoms with Crippen molar-refractivity contribution in [2.24, 2.45) is 0 Å². The van der Waals surface area contributed by atoms with Crippen molar-refractivity contribution >= 4 is 44.8 Å². The molecule has 0 aliphatic heterocycles. The summed E-state index contributed by atoms with van der Waals surface area (Å²) in [4.78, 5) is 23.1. The van der Waals surface area contributed by atoms with Gasteiger partial charge in [-0.15, -0.1) is 11.3 Å². The molecule has 0 atom stereocenters. The molecule has 4 nitrogen and oxygen atoms in total. The van der Waals surface area contributed by atoms with Crippen LogP contribution in [0.5, 0.6) is 0 Å². The molecule has 1 heterocycles. The molecule has 2 rings (SSSR count). The lowest BCUT2D eigenvalue weighted by Gasteiger charge is -2.08. The van der Waals surface area contributed by atoms with Crippen LogP contribution in [0, 0.1) is 12.7 Å². The number of carbonyl (C=O) groups is 2. The van der Waals surface area contributed by atoms with Crippen molar-refractivity contribution < 1.29 is 19.1 Å². The normalized spacial score (nSPS) is 10.3. The van der Waals surface area contributed by atoms with Gasteiger partial charge in [0.1, 0.15) is 10.7 Å². The summed E-state index contributed by atoms with van der Waals surface area (Å²) in [5.41, 5.74) is 1.04. The van der Waals surface area contributed by atoms with E-state index >= 15 is 0 Å². The van der Waals surface area contributed by atoms with Crippen molar-refractivity contribution in [3.05, 3.63) is 49.9 Å². The fraction of sp³-hybridized carbons (Fsp3) is 0.0769. The summed E-state index contributed by atoms with van der Waals surface area (Å²) >= 11 is 3.93. The van der Waals surface area contributed by atoms with Gasteiger partial charge in [-0.25, -0.2) is 9.18 Å². The molecule has 0 unspecified atom stereocenters. The van der Waals surface area contributed by atoms with Crippen LogP contribution >= 0.6 is 27.3 Å². The number of carbonyl (C=O) groups excluding carboxylic acids is 1. The second kappa shape index (κ2) is 5.72. The predicted octanol–water partition coefficient (Wildman–Crippen LogP) is 3.91. The van der Waals surface area contributed by atoms with E-state index in [0.29, 0.717) is 15.7 Å². The number of hydrogen-bond acceptors (Lipinski definition) is 3. The van der Waals surface area contributed by atoms with Crippen molar-refractivity contribution in [2.45, 2.75) is 6.92 Å². The molecular formula is C13H9BrFNO3S. The zero-order chi connectivity index (χ0) is 14.9. The quantitative estimate of drug-likeness (QED) is 0.874. The van der Waals surface area contributed by atoms with E-state index in [1.54, 1.807) is 13.0 Å². The summed E-state index contributed by atoms with van der Waals surface area (Å²) in [5, 5.41) is 11.4. The number of benzene rings is 1. The van der Waals surface area contributed by atoms with Gasteiger partial charge in [-0.1, -0.05) is 0 Å². The summed E-state index contributed by atoms with van der Waals surface area (Å²) < 4.78 is 13.8. The minimum atomic E-state index is -1.08. The molecule has 20 heavy (non-hydrogen) atoms. The first-order valence-corrected chi connectivity index (χ1v) is 7.09. The zero-order valence-corrected chi connectivity index (χ0v) is 12.6. The van der Waals surface area contributed by atoms with Crippen LogP contribution in [0.3, 0.4) is 0 Å². The van der Waals surface area contributed by atoms with E-state index < -0.39 is 17.7 Å². The van der Waals surface area contributed by atoms with Crippen LogP contribution in [0.4, 0.5) is 10.1 Å². The highest BCUT2D eigenvalue weighted by Crippen LogP contribution is 2.25. The maximum Gasteiger partial charge on any atom is 0.345 e. The highest BCUT2D eigenvalue weighted by molar-refractivity contribution is 9.10. The van der Waals surface area contributed by atoms with Gasteiger partial charge in [0, 0.05) is 5.69 Å². The molecule has 104 valence electrons. The molecular weight excluding hydrogens is 349 g/mol. The average molecular weight is 358 g/mol. The summed E-state index contributed by atoms with van der Waals surface area (Å²) in [5.74, 6) is -2.03. The van der Waals surface area contributed by atoms with Crippen molar-refractivity contribution in [3.63, 3.8) is 0 Å². The van der Waals surface area contributed by atoms with Gasteiger partial charge in [-0.2, -0.15) is 0 Å². The van der Waals surface area contributed by atoms with Crippen molar-refractivity contribution in [3.8, 4) is 0 Å². The number of carboxylic acid groups (broad SMARTS) is 1. The Morgan fingerprint density at radius 3 is 2.55 bits per heavy atom. The predicted molar refractivity (Wildman–Crippen MR) is 78.1 cm³/mol. The lowest BCUT2D eigenvalue weighted by Crippen LogP contribution is -2.11. The van der Waals surface area contributed by atoms with E-state index in [4.69, 9.17) is 5.11 Å². The average Bonchev–Trinajstić information content (AvgIpc) is 2.85. The number of anilines is 1. The summed E-state index contributed by atoms with van der Waals surface area (Å²) in [6, 6.07) is 5.55. The number of hydrogen-bond donors (Lipinski definition) is 2. The molecule has 7 heteroatoms.